The highest BCUT2D eigenvalue weighted by molar-refractivity contribution is 9.10. The van der Waals surface area contributed by atoms with Gasteiger partial charge in [0.1, 0.15) is 11.6 Å². The summed E-state index contributed by atoms with van der Waals surface area (Å²) in [5.41, 5.74) is 0.884. The van der Waals surface area contributed by atoms with Crippen molar-refractivity contribution < 1.29 is 18.7 Å². The van der Waals surface area contributed by atoms with Gasteiger partial charge in [-0.15, -0.1) is 0 Å². The molecule has 0 saturated carbocycles. The number of halogens is 3. The number of rotatable bonds is 4. The fraction of sp³-hybridized carbons (Fsp3) is 0.133. The molecule has 110 valence electrons. The van der Waals surface area contributed by atoms with Crippen LogP contribution in [0.1, 0.15) is 17.2 Å². The third-order valence-corrected chi connectivity index (χ3v) is 3.36. The van der Waals surface area contributed by atoms with Crippen molar-refractivity contribution in [2.45, 2.75) is 13.0 Å². The van der Waals surface area contributed by atoms with E-state index in [-0.39, 0.29) is 11.3 Å². The maximum atomic E-state index is 13.8. The molecule has 21 heavy (non-hydrogen) atoms. The van der Waals surface area contributed by atoms with Crippen LogP contribution in [0.5, 0.6) is 0 Å². The zero-order chi connectivity index (χ0) is 15.6. The highest BCUT2D eigenvalue weighted by atomic mass is 79.9. The monoisotopic (exact) mass is 355 g/mol. The summed E-state index contributed by atoms with van der Waals surface area (Å²) in [6.07, 6.45) is 0. The number of carboxylic acid groups (broad SMARTS) is 1. The summed E-state index contributed by atoms with van der Waals surface area (Å²) in [6.45, 7) is 1.68. The van der Waals surface area contributed by atoms with Gasteiger partial charge >= 0.3 is 5.97 Å². The lowest BCUT2D eigenvalue weighted by Crippen LogP contribution is -2.21. The van der Waals surface area contributed by atoms with Crippen LogP contribution in [0.4, 0.5) is 14.5 Å². The van der Waals surface area contributed by atoms with Crippen molar-refractivity contribution in [3.8, 4) is 0 Å². The molecule has 6 heteroatoms. The average Bonchev–Trinajstić information content (AvgIpc) is 2.37. The van der Waals surface area contributed by atoms with Gasteiger partial charge in [0, 0.05) is 15.7 Å². The van der Waals surface area contributed by atoms with Crippen LogP contribution in [0.25, 0.3) is 0 Å². The summed E-state index contributed by atoms with van der Waals surface area (Å²) >= 11 is 3.18. The molecule has 0 aromatic heterocycles. The third-order valence-electron chi connectivity index (χ3n) is 2.87. The van der Waals surface area contributed by atoms with E-state index in [1.807, 2.05) is 0 Å². The van der Waals surface area contributed by atoms with Crippen LogP contribution in [0.3, 0.4) is 0 Å². The van der Waals surface area contributed by atoms with E-state index in [1.165, 1.54) is 30.3 Å². The van der Waals surface area contributed by atoms with Gasteiger partial charge in [-0.05, 0) is 48.9 Å². The molecule has 0 saturated heterocycles. The summed E-state index contributed by atoms with van der Waals surface area (Å²) in [6, 6.07) is 6.79. The largest absolute Gasteiger partial charge is 0.479 e. The second-order valence-corrected chi connectivity index (χ2v) is 5.51. The topological polar surface area (TPSA) is 49.3 Å². The van der Waals surface area contributed by atoms with Crippen LogP contribution in [-0.2, 0) is 4.79 Å². The Bertz CT molecular complexity index is 671. The van der Waals surface area contributed by atoms with Crippen molar-refractivity contribution >= 4 is 27.6 Å². The number of aliphatic carboxylic acids is 1. The number of anilines is 1. The maximum Gasteiger partial charge on any atom is 0.330 e. The molecule has 2 rings (SSSR count). The van der Waals surface area contributed by atoms with Crippen LogP contribution >= 0.6 is 15.9 Å². The predicted molar refractivity (Wildman–Crippen MR) is 79.2 cm³/mol. The van der Waals surface area contributed by atoms with E-state index in [1.54, 1.807) is 13.0 Å². The van der Waals surface area contributed by atoms with Crippen molar-refractivity contribution in [1.82, 2.24) is 0 Å². The fourth-order valence-corrected chi connectivity index (χ4v) is 2.37. The number of benzene rings is 2. The highest BCUT2D eigenvalue weighted by Crippen LogP contribution is 2.26. The SMILES string of the molecule is Cc1cc(F)cc(NC(C(=O)O)c2cc(Br)ccc2F)c1. The predicted octanol–water partition coefficient (Wildman–Crippen LogP) is 4.27. The lowest BCUT2D eigenvalue weighted by molar-refractivity contribution is -0.138. The van der Waals surface area contributed by atoms with Crippen LogP contribution in [0.2, 0.25) is 0 Å². The Morgan fingerprint density at radius 1 is 1.24 bits per heavy atom. The Hall–Kier alpha value is -1.95. The minimum absolute atomic E-state index is 0.0289. The third kappa shape index (κ3) is 3.78. The first kappa shape index (κ1) is 15.4. The number of aryl methyl sites for hydroxylation is 1. The van der Waals surface area contributed by atoms with Crippen LogP contribution < -0.4 is 5.32 Å². The maximum absolute atomic E-state index is 13.8. The van der Waals surface area contributed by atoms with Crippen molar-refractivity contribution in [3.05, 3.63) is 63.6 Å². The molecule has 2 N–H and O–H groups in total. The second kappa shape index (κ2) is 6.22. The van der Waals surface area contributed by atoms with Gasteiger partial charge < -0.3 is 10.4 Å². The fourth-order valence-electron chi connectivity index (χ4n) is 1.99. The van der Waals surface area contributed by atoms with E-state index in [0.717, 1.165) is 0 Å². The van der Waals surface area contributed by atoms with Gasteiger partial charge in [-0.1, -0.05) is 15.9 Å². The Morgan fingerprint density at radius 3 is 2.57 bits per heavy atom. The van der Waals surface area contributed by atoms with Crippen LogP contribution in [0, 0.1) is 18.6 Å². The van der Waals surface area contributed by atoms with Gasteiger partial charge in [0.15, 0.2) is 6.04 Å². The molecule has 0 aliphatic carbocycles. The Labute approximate surface area is 128 Å². The average molecular weight is 356 g/mol. The number of nitrogens with one attached hydrogen (secondary N) is 1. The molecular weight excluding hydrogens is 344 g/mol. The number of hydrogen-bond acceptors (Lipinski definition) is 2. The molecule has 2 aromatic carbocycles. The van der Waals surface area contributed by atoms with E-state index < -0.39 is 23.6 Å². The molecule has 3 nitrogen and oxygen atoms in total. The van der Waals surface area contributed by atoms with Crippen molar-refractivity contribution in [2.75, 3.05) is 5.32 Å². The van der Waals surface area contributed by atoms with E-state index >= 15 is 0 Å². The number of carboxylic acids is 1. The molecule has 0 aliphatic rings. The van der Waals surface area contributed by atoms with Gasteiger partial charge in [-0.2, -0.15) is 0 Å². The van der Waals surface area contributed by atoms with Crippen LogP contribution in [-0.4, -0.2) is 11.1 Å². The normalized spacial score (nSPS) is 12.0. The minimum Gasteiger partial charge on any atom is -0.479 e. The number of hydrogen-bond donors (Lipinski definition) is 2. The summed E-state index contributed by atoms with van der Waals surface area (Å²) in [4.78, 5) is 11.4. The molecule has 0 bridgehead atoms. The molecule has 0 amide bonds. The molecule has 0 radical (unpaired) electrons. The molecule has 0 heterocycles. The van der Waals surface area contributed by atoms with Gasteiger partial charge in [0.05, 0.1) is 0 Å². The lowest BCUT2D eigenvalue weighted by atomic mass is 10.1. The van der Waals surface area contributed by atoms with Gasteiger partial charge in [-0.25, -0.2) is 13.6 Å². The van der Waals surface area contributed by atoms with Gasteiger partial charge in [-0.3, -0.25) is 0 Å². The zero-order valence-corrected chi connectivity index (χ0v) is 12.6. The zero-order valence-electron chi connectivity index (χ0n) is 11.0. The second-order valence-electron chi connectivity index (χ2n) is 4.60. The van der Waals surface area contributed by atoms with E-state index in [9.17, 15) is 18.7 Å². The first-order chi connectivity index (χ1) is 9.86. The Balaban J connectivity index is 2.40. The molecular formula is C15H12BrF2NO2. The molecule has 1 atom stereocenters. The standard InChI is InChI=1S/C15H12BrF2NO2/c1-8-4-10(17)7-11(5-8)19-14(15(20)21)12-6-9(16)2-3-13(12)18/h2-7,14,19H,1H3,(H,20,21). The van der Waals surface area contributed by atoms with Crippen molar-refractivity contribution in [1.29, 1.82) is 0 Å². The molecule has 1 unspecified atom stereocenters. The summed E-state index contributed by atoms with van der Waals surface area (Å²) in [5.74, 6) is -2.39. The number of carbonyl (C=O) groups is 1. The quantitative estimate of drug-likeness (QED) is 0.860. The molecule has 0 spiro atoms. The highest BCUT2D eigenvalue weighted by Gasteiger charge is 2.23. The smallest absolute Gasteiger partial charge is 0.330 e. The molecule has 0 aliphatic heterocycles. The van der Waals surface area contributed by atoms with Crippen LogP contribution in [0.15, 0.2) is 40.9 Å². The Morgan fingerprint density at radius 2 is 1.95 bits per heavy atom. The summed E-state index contributed by atoms with van der Waals surface area (Å²) in [7, 11) is 0. The minimum atomic E-state index is -1.32. The van der Waals surface area contributed by atoms with Gasteiger partial charge in [0.25, 0.3) is 0 Å². The van der Waals surface area contributed by atoms with Gasteiger partial charge in [0.2, 0.25) is 0 Å². The van der Waals surface area contributed by atoms with E-state index in [2.05, 4.69) is 21.2 Å². The summed E-state index contributed by atoms with van der Waals surface area (Å²) in [5, 5.41) is 11.9. The van der Waals surface area contributed by atoms with E-state index in [4.69, 9.17) is 0 Å². The van der Waals surface area contributed by atoms with Crippen molar-refractivity contribution in [2.24, 2.45) is 0 Å². The Kier molecular flexibility index (Phi) is 4.57. The molecule has 2 aromatic rings. The van der Waals surface area contributed by atoms with E-state index in [0.29, 0.717) is 10.0 Å². The molecule has 0 fully saturated rings. The summed E-state index contributed by atoms with van der Waals surface area (Å²) < 4.78 is 27.8. The first-order valence-corrected chi connectivity index (χ1v) is 6.87. The lowest BCUT2D eigenvalue weighted by Gasteiger charge is -2.17. The van der Waals surface area contributed by atoms with Crippen molar-refractivity contribution in [3.63, 3.8) is 0 Å². The first-order valence-electron chi connectivity index (χ1n) is 6.08.